The predicted molar refractivity (Wildman–Crippen MR) is 68.9 cm³/mol. The molecular formula is C12H17N5O. The van der Waals surface area contributed by atoms with Crippen molar-refractivity contribution in [1.82, 2.24) is 19.4 Å². The molecule has 18 heavy (non-hydrogen) atoms. The number of anilines is 1. The third-order valence-corrected chi connectivity index (χ3v) is 2.82. The highest BCUT2D eigenvalue weighted by Crippen LogP contribution is 2.10. The van der Waals surface area contributed by atoms with Crippen molar-refractivity contribution in [2.24, 2.45) is 7.05 Å². The Bertz CT molecular complexity index is 555. The molecular weight excluding hydrogens is 230 g/mol. The lowest BCUT2D eigenvalue weighted by Gasteiger charge is -2.07. The number of nitrogens with zero attached hydrogens (tertiary/aromatic N) is 3. The summed E-state index contributed by atoms with van der Waals surface area (Å²) in [5.74, 6) is 0.669. The second-order valence-electron chi connectivity index (χ2n) is 4.08. The minimum absolute atomic E-state index is 0.142. The van der Waals surface area contributed by atoms with E-state index in [-0.39, 0.29) is 5.91 Å². The number of rotatable bonds is 4. The maximum atomic E-state index is 12.0. The molecule has 3 N–H and O–H groups in total. The summed E-state index contributed by atoms with van der Waals surface area (Å²) in [4.78, 5) is 16.2. The van der Waals surface area contributed by atoms with Crippen LogP contribution in [0.4, 0.5) is 5.69 Å². The second kappa shape index (κ2) is 4.95. The number of carbonyl (C=O) groups is 1. The summed E-state index contributed by atoms with van der Waals surface area (Å²) in [6, 6.07) is 1.68. The fourth-order valence-corrected chi connectivity index (χ4v) is 1.80. The van der Waals surface area contributed by atoms with Crippen molar-refractivity contribution in [1.29, 1.82) is 0 Å². The number of aromatic nitrogens is 3. The van der Waals surface area contributed by atoms with Gasteiger partial charge in [0.2, 0.25) is 0 Å². The first-order valence-electron chi connectivity index (χ1n) is 5.82. The number of imidazole rings is 1. The van der Waals surface area contributed by atoms with Crippen LogP contribution < -0.4 is 11.1 Å². The van der Waals surface area contributed by atoms with Crippen molar-refractivity contribution in [3.05, 3.63) is 36.2 Å². The summed E-state index contributed by atoms with van der Waals surface area (Å²) in [5, 5.41) is 2.83. The third-order valence-electron chi connectivity index (χ3n) is 2.82. The van der Waals surface area contributed by atoms with Crippen molar-refractivity contribution in [3.8, 4) is 0 Å². The molecule has 2 heterocycles. The van der Waals surface area contributed by atoms with E-state index in [2.05, 4.69) is 10.3 Å². The van der Waals surface area contributed by atoms with E-state index in [1.807, 2.05) is 29.3 Å². The second-order valence-corrected chi connectivity index (χ2v) is 4.08. The van der Waals surface area contributed by atoms with Gasteiger partial charge in [0.1, 0.15) is 11.5 Å². The van der Waals surface area contributed by atoms with Crippen LogP contribution in [0, 0.1) is 0 Å². The quantitative estimate of drug-likeness (QED) is 0.837. The summed E-state index contributed by atoms with van der Waals surface area (Å²) >= 11 is 0. The summed E-state index contributed by atoms with van der Waals surface area (Å²) in [6.07, 6.45) is 5.30. The van der Waals surface area contributed by atoms with E-state index >= 15 is 0 Å². The minimum Gasteiger partial charge on any atom is -0.397 e. The molecule has 0 unspecified atom stereocenters. The maximum Gasteiger partial charge on any atom is 0.268 e. The van der Waals surface area contributed by atoms with Crippen LogP contribution in [0.15, 0.2) is 24.7 Å². The number of nitrogen functional groups attached to an aromatic ring is 1. The third kappa shape index (κ3) is 2.37. The SMILES string of the molecule is CCn1cc(N)cc1C(=O)NCc1nccn1C. The van der Waals surface area contributed by atoms with Crippen molar-refractivity contribution in [2.45, 2.75) is 20.0 Å². The molecule has 0 spiro atoms. The smallest absolute Gasteiger partial charge is 0.268 e. The van der Waals surface area contributed by atoms with Crippen molar-refractivity contribution < 1.29 is 4.79 Å². The molecule has 0 fully saturated rings. The van der Waals surface area contributed by atoms with E-state index in [1.54, 1.807) is 18.5 Å². The van der Waals surface area contributed by atoms with Gasteiger partial charge in [-0.05, 0) is 13.0 Å². The summed E-state index contributed by atoms with van der Waals surface area (Å²) in [7, 11) is 1.89. The van der Waals surface area contributed by atoms with E-state index in [4.69, 9.17) is 5.73 Å². The molecule has 2 aromatic heterocycles. The average Bonchev–Trinajstić information content (AvgIpc) is 2.92. The monoisotopic (exact) mass is 247 g/mol. The molecule has 0 atom stereocenters. The Morgan fingerprint density at radius 2 is 2.33 bits per heavy atom. The van der Waals surface area contributed by atoms with Gasteiger partial charge in [0, 0.05) is 32.2 Å². The van der Waals surface area contributed by atoms with Gasteiger partial charge >= 0.3 is 0 Å². The van der Waals surface area contributed by atoms with Crippen LogP contribution in [0.2, 0.25) is 0 Å². The Labute approximate surface area is 105 Å². The van der Waals surface area contributed by atoms with Gasteiger partial charge in [0.25, 0.3) is 5.91 Å². The molecule has 6 nitrogen and oxygen atoms in total. The largest absolute Gasteiger partial charge is 0.397 e. The standard InChI is InChI=1S/C12H17N5O/c1-3-17-8-9(13)6-10(17)12(18)15-7-11-14-4-5-16(11)2/h4-6,8H,3,7,13H2,1-2H3,(H,15,18). The Balaban J connectivity index is 2.06. The van der Waals surface area contributed by atoms with E-state index in [9.17, 15) is 4.79 Å². The first-order chi connectivity index (χ1) is 8.61. The van der Waals surface area contributed by atoms with Crippen LogP contribution in [0.1, 0.15) is 23.2 Å². The number of hydrogen-bond donors (Lipinski definition) is 2. The zero-order chi connectivity index (χ0) is 13.1. The van der Waals surface area contributed by atoms with Gasteiger partial charge in [-0.1, -0.05) is 0 Å². The maximum absolute atomic E-state index is 12.0. The highest BCUT2D eigenvalue weighted by atomic mass is 16.1. The molecule has 0 aliphatic heterocycles. The van der Waals surface area contributed by atoms with Crippen molar-refractivity contribution in [2.75, 3.05) is 5.73 Å². The first-order valence-corrected chi connectivity index (χ1v) is 5.82. The van der Waals surface area contributed by atoms with E-state index in [0.29, 0.717) is 24.5 Å². The predicted octanol–water partition coefficient (Wildman–Crippen LogP) is 0.754. The molecule has 2 aromatic rings. The Hall–Kier alpha value is -2.24. The van der Waals surface area contributed by atoms with Gasteiger partial charge < -0.3 is 20.2 Å². The van der Waals surface area contributed by atoms with Crippen molar-refractivity contribution >= 4 is 11.6 Å². The Morgan fingerprint density at radius 1 is 1.56 bits per heavy atom. The molecule has 0 aliphatic carbocycles. The summed E-state index contributed by atoms with van der Waals surface area (Å²) < 4.78 is 3.69. The lowest BCUT2D eigenvalue weighted by Crippen LogP contribution is -2.26. The number of nitrogens with two attached hydrogens (primary N) is 1. The molecule has 0 aromatic carbocycles. The fourth-order valence-electron chi connectivity index (χ4n) is 1.80. The van der Waals surface area contributed by atoms with Gasteiger partial charge in [-0.15, -0.1) is 0 Å². The Morgan fingerprint density at radius 3 is 2.94 bits per heavy atom. The van der Waals surface area contributed by atoms with Gasteiger partial charge in [-0.2, -0.15) is 0 Å². The average molecular weight is 247 g/mol. The zero-order valence-electron chi connectivity index (χ0n) is 10.6. The normalized spacial score (nSPS) is 10.6. The van der Waals surface area contributed by atoms with Gasteiger partial charge in [-0.25, -0.2) is 4.98 Å². The molecule has 0 saturated heterocycles. The van der Waals surface area contributed by atoms with Crippen LogP contribution in [0.25, 0.3) is 0 Å². The van der Waals surface area contributed by atoms with Gasteiger partial charge in [0.05, 0.1) is 12.2 Å². The van der Waals surface area contributed by atoms with Crippen LogP contribution in [0.5, 0.6) is 0 Å². The summed E-state index contributed by atoms with van der Waals surface area (Å²) in [6.45, 7) is 3.08. The van der Waals surface area contributed by atoms with Crippen LogP contribution >= 0.6 is 0 Å². The van der Waals surface area contributed by atoms with Crippen molar-refractivity contribution in [3.63, 3.8) is 0 Å². The van der Waals surface area contributed by atoms with Crippen LogP contribution in [0.3, 0.4) is 0 Å². The van der Waals surface area contributed by atoms with E-state index in [1.165, 1.54) is 0 Å². The lowest BCUT2D eigenvalue weighted by atomic mass is 10.3. The summed E-state index contributed by atoms with van der Waals surface area (Å²) in [5.41, 5.74) is 6.86. The number of nitrogens with one attached hydrogen (secondary N) is 1. The van der Waals surface area contributed by atoms with Gasteiger partial charge in [-0.3, -0.25) is 4.79 Å². The number of aryl methyl sites for hydroxylation is 2. The minimum atomic E-state index is -0.142. The molecule has 6 heteroatoms. The molecule has 1 amide bonds. The van der Waals surface area contributed by atoms with Gasteiger partial charge in [0.15, 0.2) is 0 Å². The molecule has 0 saturated carbocycles. The highest BCUT2D eigenvalue weighted by molar-refractivity contribution is 5.93. The number of hydrogen-bond acceptors (Lipinski definition) is 3. The molecule has 0 aliphatic rings. The lowest BCUT2D eigenvalue weighted by molar-refractivity contribution is 0.0940. The topological polar surface area (TPSA) is 77.9 Å². The van der Waals surface area contributed by atoms with Crippen LogP contribution in [-0.2, 0) is 20.1 Å². The Kier molecular flexibility index (Phi) is 3.36. The van der Waals surface area contributed by atoms with E-state index in [0.717, 1.165) is 5.82 Å². The first kappa shape index (κ1) is 12.2. The number of carbonyl (C=O) groups excluding carboxylic acids is 1. The molecule has 96 valence electrons. The molecule has 0 bridgehead atoms. The fraction of sp³-hybridized carbons (Fsp3) is 0.333. The zero-order valence-corrected chi connectivity index (χ0v) is 10.6. The molecule has 2 rings (SSSR count). The van der Waals surface area contributed by atoms with Crippen LogP contribution in [-0.4, -0.2) is 20.0 Å². The highest BCUT2D eigenvalue weighted by Gasteiger charge is 2.12. The van der Waals surface area contributed by atoms with E-state index < -0.39 is 0 Å². The number of amides is 1. The molecule has 0 radical (unpaired) electrons.